The van der Waals surface area contributed by atoms with E-state index in [9.17, 15) is 4.79 Å². The summed E-state index contributed by atoms with van der Waals surface area (Å²) >= 11 is 0. The zero-order valence-corrected chi connectivity index (χ0v) is 13.7. The Labute approximate surface area is 136 Å². The number of fused-ring (bicyclic) bond motifs is 1. The summed E-state index contributed by atoms with van der Waals surface area (Å²) in [4.78, 5) is 25.2. The fourth-order valence-corrected chi connectivity index (χ4v) is 2.75. The van der Waals surface area contributed by atoms with Crippen LogP contribution in [0.15, 0.2) is 36.5 Å². The Kier molecular flexibility index (Phi) is 4.14. The Morgan fingerprint density at radius 1 is 1.30 bits per heavy atom. The molecule has 2 heterocycles. The van der Waals surface area contributed by atoms with Crippen LogP contribution in [-0.2, 0) is 6.54 Å². The smallest absolute Gasteiger partial charge is 0.253 e. The third kappa shape index (κ3) is 3.26. The number of carbonyl (C=O) groups excluding carboxylic acids is 1. The van der Waals surface area contributed by atoms with E-state index in [-0.39, 0.29) is 11.9 Å². The SMILES string of the molecule is CC1CN(Cc2ccnc(N(C)C)n2)c2ccccc2C(=O)N1. The Balaban J connectivity index is 1.93. The van der Waals surface area contributed by atoms with Crippen molar-refractivity contribution >= 4 is 17.5 Å². The molecule has 0 saturated heterocycles. The van der Waals surface area contributed by atoms with E-state index in [0.29, 0.717) is 18.1 Å². The average molecular weight is 311 g/mol. The van der Waals surface area contributed by atoms with Gasteiger partial charge in [0.2, 0.25) is 5.95 Å². The molecular weight excluding hydrogens is 290 g/mol. The van der Waals surface area contributed by atoms with Gasteiger partial charge >= 0.3 is 0 Å². The number of aromatic nitrogens is 2. The summed E-state index contributed by atoms with van der Waals surface area (Å²) in [6.45, 7) is 3.39. The van der Waals surface area contributed by atoms with Crippen molar-refractivity contribution in [3.8, 4) is 0 Å². The molecule has 1 unspecified atom stereocenters. The number of para-hydroxylation sites is 1. The van der Waals surface area contributed by atoms with Gasteiger partial charge in [0, 0.05) is 38.6 Å². The van der Waals surface area contributed by atoms with Crippen molar-refractivity contribution in [1.82, 2.24) is 15.3 Å². The highest BCUT2D eigenvalue weighted by atomic mass is 16.1. The molecule has 1 aromatic carbocycles. The fraction of sp³-hybridized carbons (Fsp3) is 0.353. The molecule has 6 nitrogen and oxygen atoms in total. The predicted octanol–water partition coefficient (Wildman–Crippen LogP) is 1.68. The first-order valence-electron chi connectivity index (χ1n) is 7.68. The van der Waals surface area contributed by atoms with Crippen LogP contribution in [0.25, 0.3) is 0 Å². The van der Waals surface area contributed by atoms with E-state index in [1.165, 1.54) is 0 Å². The van der Waals surface area contributed by atoms with Crippen molar-refractivity contribution in [3.05, 3.63) is 47.8 Å². The molecule has 0 spiro atoms. The van der Waals surface area contributed by atoms with Gasteiger partial charge in [0.15, 0.2) is 0 Å². The van der Waals surface area contributed by atoms with E-state index < -0.39 is 0 Å². The van der Waals surface area contributed by atoms with E-state index in [1.807, 2.05) is 56.3 Å². The molecule has 6 heteroatoms. The maximum absolute atomic E-state index is 12.3. The maximum Gasteiger partial charge on any atom is 0.253 e. The molecule has 0 aliphatic carbocycles. The van der Waals surface area contributed by atoms with Crippen LogP contribution in [0.4, 0.5) is 11.6 Å². The number of nitrogens with zero attached hydrogens (tertiary/aromatic N) is 4. The van der Waals surface area contributed by atoms with E-state index in [4.69, 9.17) is 0 Å². The molecule has 1 aliphatic heterocycles. The second-order valence-electron chi connectivity index (χ2n) is 6.01. The lowest BCUT2D eigenvalue weighted by Gasteiger charge is -2.26. The minimum Gasteiger partial charge on any atom is -0.363 e. The van der Waals surface area contributed by atoms with Crippen LogP contribution in [0.5, 0.6) is 0 Å². The molecule has 120 valence electrons. The average Bonchev–Trinajstić information content (AvgIpc) is 2.65. The highest BCUT2D eigenvalue weighted by Crippen LogP contribution is 2.25. The molecule has 1 aromatic heterocycles. The molecule has 0 fully saturated rings. The van der Waals surface area contributed by atoms with Crippen LogP contribution in [0.3, 0.4) is 0 Å². The second kappa shape index (κ2) is 6.24. The molecule has 1 atom stereocenters. The van der Waals surface area contributed by atoms with Crippen molar-refractivity contribution in [3.63, 3.8) is 0 Å². The molecule has 0 radical (unpaired) electrons. The largest absolute Gasteiger partial charge is 0.363 e. The van der Waals surface area contributed by atoms with E-state index in [2.05, 4.69) is 20.2 Å². The van der Waals surface area contributed by atoms with Crippen LogP contribution >= 0.6 is 0 Å². The third-order valence-electron chi connectivity index (χ3n) is 3.81. The zero-order valence-electron chi connectivity index (χ0n) is 13.7. The molecule has 1 amide bonds. The molecule has 3 rings (SSSR count). The van der Waals surface area contributed by atoms with Crippen LogP contribution in [-0.4, -0.2) is 42.6 Å². The zero-order chi connectivity index (χ0) is 16.4. The van der Waals surface area contributed by atoms with Gasteiger partial charge in [-0.05, 0) is 25.1 Å². The minimum absolute atomic E-state index is 0.0210. The standard InChI is InChI=1S/C17H21N5O/c1-12-10-22(11-13-8-9-18-17(20-13)21(2)3)15-7-5-4-6-14(15)16(23)19-12/h4-9,12H,10-11H2,1-3H3,(H,19,23). The highest BCUT2D eigenvalue weighted by molar-refractivity contribution is 6.00. The van der Waals surface area contributed by atoms with Crippen LogP contribution in [0, 0.1) is 0 Å². The van der Waals surface area contributed by atoms with Crippen LogP contribution in [0.1, 0.15) is 23.0 Å². The first-order chi connectivity index (χ1) is 11.0. The summed E-state index contributed by atoms with van der Waals surface area (Å²) in [6, 6.07) is 9.69. The molecule has 1 aliphatic rings. The lowest BCUT2D eigenvalue weighted by molar-refractivity contribution is 0.0945. The number of benzene rings is 1. The Hall–Kier alpha value is -2.63. The molecule has 0 bridgehead atoms. The topological polar surface area (TPSA) is 61.4 Å². The summed E-state index contributed by atoms with van der Waals surface area (Å²) in [5, 5.41) is 3.02. The van der Waals surface area contributed by atoms with Crippen molar-refractivity contribution in [2.75, 3.05) is 30.4 Å². The number of hydrogen-bond donors (Lipinski definition) is 1. The molecule has 1 N–H and O–H groups in total. The highest BCUT2D eigenvalue weighted by Gasteiger charge is 2.24. The number of carbonyl (C=O) groups is 1. The Bertz CT molecular complexity index is 716. The van der Waals surface area contributed by atoms with Crippen LogP contribution < -0.4 is 15.1 Å². The van der Waals surface area contributed by atoms with E-state index in [1.54, 1.807) is 6.20 Å². The van der Waals surface area contributed by atoms with Gasteiger partial charge in [0.05, 0.1) is 17.8 Å². The molecule has 2 aromatic rings. The van der Waals surface area contributed by atoms with Gasteiger partial charge in [-0.3, -0.25) is 4.79 Å². The Morgan fingerprint density at radius 3 is 2.87 bits per heavy atom. The van der Waals surface area contributed by atoms with Gasteiger partial charge in [-0.15, -0.1) is 0 Å². The van der Waals surface area contributed by atoms with Crippen molar-refractivity contribution in [2.24, 2.45) is 0 Å². The van der Waals surface area contributed by atoms with Gasteiger partial charge in [-0.2, -0.15) is 0 Å². The van der Waals surface area contributed by atoms with E-state index >= 15 is 0 Å². The fourth-order valence-electron chi connectivity index (χ4n) is 2.75. The predicted molar refractivity (Wildman–Crippen MR) is 90.8 cm³/mol. The number of anilines is 2. The molecular formula is C17H21N5O. The molecule has 23 heavy (non-hydrogen) atoms. The lowest BCUT2D eigenvalue weighted by Crippen LogP contribution is -2.38. The normalized spacial score (nSPS) is 17.3. The Morgan fingerprint density at radius 2 is 2.09 bits per heavy atom. The number of nitrogens with one attached hydrogen (secondary N) is 1. The van der Waals surface area contributed by atoms with Gasteiger partial charge in [-0.1, -0.05) is 12.1 Å². The number of amides is 1. The third-order valence-corrected chi connectivity index (χ3v) is 3.81. The first-order valence-corrected chi connectivity index (χ1v) is 7.68. The van der Waals surface area contributed by atoms with Gasteiger partial charge in [0.25, 0.3) is 5.91 Å². The lowest BCUT2D eigenvalue weighted by atomic mass is 10.1. The van der Waals surface area contributed by atoms with Gasteiger partial charge in [-0.25, -0.2) is 9.97 Å². The monoisotopic (exact) mass is 311 g/mol. The minimum atomic E-state index is -0.0210. The van der Waals surface area contributed by atoms with E-state index in [0.717, 1.165) is 17.9 Å². The van der Waals surface area contributed by atoms with Crippen molar-refractivity contribution in [1.29, 1.82) is 0 Å². The second-order valence-corrected chi connectivity index (χ2v) is 6.01. The summed E-state index contributed by atoms with van der Waals surface area (Å²) in [6.07, 6.45) is 1.77. The van der Waals surface area contributed by atoms with Crippen molar-refractivity contribution in [2.45, 2.75) is 19.5 Å². The maximum atomic E-state index is 12.3. The van der Waals surface area contributed by atoms with Gasteiger partial charge in [0.1, 0.15) is 0 Å². The summed E-state index contributed by atoms with van der Waals surface area (Å²) in [5.41, 5.74) is 2.58. The summed E-state index contributed by atoms with van der Waals surface area (Å²) in [7, 11) is 3.84. The molecule has 0 saturated carbocycles. The van der Waals surface area contributed by atoms with Gasteiger partial charge < -0.3 is 15.1 Å². The quantitative estimate of drug-likeness (QED) is 0.934. The van der Waals surface area contributed by atoms with Crippen molar-refractivity contribution < 1.29 is 4.79 Å². The number of rotatable bonds is 3. The first kappa shape index (κ1) is 15.3. The number of hydrogen-bond acceptors (Lipinski definition) is 5. The van der Waals surface area contributed by atoms with Crippen LogP contribution in [0.2, 0.25) is 0 Å². The summed E-state index contributed by atoms with van der Waals surface area (Å²) in [5.74, 6) is 0.667. The summed E-state index contributed by atoms with van der Waals surface area (Å²) < 4.78 is 0.